The summed E-state index contributed by atoms with van der Waals surface area (Å²) in [5, 5.41) is 3.02. The fourth-order valence-corrected chi connectivity index (χ4v) is 1.71. The molecule has 0 saturated carbocycles. The van der Waals surface area contributed by atoms with E-state index in [2.05, 4.69) is 5.32 Å². The van der Waals surface area contributed by atoms with Gasteiger partial charge in [-0.25, -0.2) is 4.39 Å². The number of rotatable bonds is 4. The van der Waals surface area contributed by atoms with Gasteiger partial charge in [0, 0.05) is 17.7 Å². The predicted octanol–water partition coefficient (Wildman–Crippen LogP) is 2.12. The first kappa shape index (κ1) is 12.9. The summed E-state index contributed by atoms with van der Waals surface area (Å²) in [6.07, 6.45) is 0. The number of primary amides is 1. The Morgan fingerprint density at radius 2 is 1.95 bits per heavy atom. The van der Waals surface area contributed by atoms with Crippen molar-refractivity contribution in [1.29, 1.82) is 0 Å². The number of nitrogens with one attached hydrogen (secondary N) is 1. The zero-order valence-corrected chi connectivity index (χ0v) is 10.2. The minimum Gasteiger partial charge on any atom is -0.397 e. The number of carbonyl (C=O) groups is 1. The third-order valence-electron chi connectivity index (χ3n) is 2.76. The molecule has 0 aliphatic rings. The number of benzene rings is 2. The number of nitrogen functional groups attached to an aromatic ring is 1. The number of carbonyl (C=O) groups excluding carboxylic acids is 1. The van der Waals surface area contributed by atoms with Crippen molar-refractivity contribution in [1.82, 2.24) is 0 Å². The molecule has 0 aliphatic heterocycles. The highest BCUT2D eigenvalue weighted by atomic mass is 19.1. The van der Waals surface area contributed by atoms with Crippen LogP contribution in [0.15, 0.2) is 42.5 Å². The summed E-state index contributed by atoms with van der Waals surface area (Å²) in [6, 6.07) is 11.2. The second kappa shape index (κ2) is 5.39. The third-order valence-corrected chi connectivity index (χ3v) is 2.76. The largest absolute Gasteiger partial charge is 0.397 e. The van der Waals surface area contributed by atoms with Gasteiger partial charge in [0.25, 0.3) is 0 Å². The molecule has 2 rings (SSSR count). The third kappa shape index (κ3) is 3.01. The summed E-state index contributed by atoms with van der Waals surface area (Å²) in [5.74, 6) is -0.810. The molecule has 0 aromatic heterocycles. The van der Waals surface area contributed by atoms with Gasteiger partial charge >= 0.3 is 0 Å². The van der Waals surface area contributed by atoms with Crippen LogP contribution in [0.3, 0.4) is 0 Å². The van der Waals surface area contributed by atoms with E-state index in [0.29, 0.717) is 29.0 Å². The molecule has 2 aromatic carbocycles. The van der Waals surface area contributed by atoms with Gasteiger partial charge < -0.3 is 16.8 Å². The van der Waals surface area contributed by atoms with Gasteiger partial charge in [-0.05, 0) is 24.3 Å². The van der Waals surface area contributed by atoms with Crippen LogP contribution < -0.4 is 16.8 Å². The van der Waals surface area contributed by atoms with E-state index in [4.69, 9.17) is 11.5 Å². The molecule has 4 nitrogen and oxygen atoms in total. The predicted molar refractivity (Wildman–Crippen MR) is 73.1 cm³/mol. The lowest BCUT2D eigenvalue weighted by atomic mass is 10.1. The van der Waals surface area contributed by atoms with Crippen LogP contribution in [0, 0.1) is 5.82 Å². The summed E-state index contributed by atoms with van der Waals surface area (Å²) in [5.41, 5.74) is 12.9. The number of halogens is 1. The lowest BCUT2D eigenvalue weighted by molar-refractivity contribution is 0.100. The maximum atomic E-state index is 13.4. The monoisotopic (exact) mass is 259 g/mol. The van der Waals surface area contributed by atoms with E-state index < -0.39 is 5.91 Å². The molecule has 0 unspecified atom stereocenters. The van der Waals surface area contributed by atoms with Gasteiger partial charge in [-0.15, -0.1) is 0 Å². The molecule has 0 radical (unpaired) electrons. The summed E-state index contributed by atoms with van der Waals surface area (Å²) in [7, 11) is 0. The van der Waals surface area contributed by atoms with Crippen LogP contribution >= 0.6 is 0 Å². The van der Waals surface area contributed by atoms with Gasteiger partial charge in [-0.1, -0.05) is 18.2 Å². The molecule has 0 fully saturated rings. The van der Waals surface area contributed by atoms with Gasteiger partial charge in [-0.2, -0.15) is 0 Å². The lowest BCUT2D eigenvalue weighted by Gasteiger charge is -2.10. The highest BCUT2D eigenvalue weighted by Gasteiger charge is 2.06. The van der Waals surface area contributed by atoms with E-state index in [1.807, 2.05) is 0 Å². The Bertz CT molecular complexity index is 613. The molecule has 0 saturated heterocycles. The van der Waals surface area contributed by atoms with Gasteiger partial charge in [0.2, 0.25) is 5.91 Å². The molecule has 19 heavy (non-hydrogen) atoms. The molecule has 0 spiro atoms. The molecular weight excluding hydrogens is 245 g/mol. The highest BCUT2D eigenvalue weighted by molar-refractivity contribution is 5.94. The van der Waals surface area contributed by atoms with Crippen molar-refractivity contribution in [2.45, 2.75) is 6.54 Å². The second-order valence-corrected chi connectivity index (χ2v) is 4.11. The molecular formula is C14H14FN3O. The fraction of sp³-hybridized carbons (Fsp3) is 0.0714. The molecule has 5 heteroatoms. The standard InChI is InChI=1S/C14H14FN3O/c15-11-4-2-1-3-10(11)8-18-13-6-5-9(14(17)19)7-12(13)16/h1-7,18H,8,16H2,(H2,17,19). The zero-order chi connectivity index (χ0) is 13.8. The highest BCUT2D eigenvalue weighted by Crippen LogP contribution is 2.21. The maximum absolute atomic E-state index is 13.4. The first-order valence-electron chi connectivity index (χ1n) is 5.74. The Labute approximate surface area is 110 Å². The van der Waals surface area contributed by atoms with Crippen molar-refractivity contribution in [2.75, 3.05) is 11.1 Å². The molecule has 0 heterocycles. The average Bonchev–Trinajstić information content (AvgIpc) is 2.39. The topological polar surface area (TPSA) is 81.1 Å². The Kier molecular flexibility index (Phi) is 3.66. The molecule has 0 atom stereocenters. The van der Waals surface area contributed by atoms with Crippen molar-refractivity contribution >= 4 is 17.3 Å². The molecule has 2 aromatic rings. The van der Waals surface area contributed by atoms with Crippen molar-refractivity contribution in [3.05, 3.63) is 59.4 Å². The number of amides is 1. The summed E-state index contributed by atoms with van der Waals surface area (Å²) in [4.78, 5) is 11.0. The lowest BCUT2D eigenvalue weighted by Crippen LogP contribution is -2.12. The molecule has 1 amide bonds. The van der Waals surface area contributed by atoms with Crippen molar-refractivity contribution in [2.24, 2.45) is 5.73 Å². The van der Waals surface area contributed by atoms with E-state index in [-0.39, 0.29) is 5.82 Å². The Morgan fingerprint density at radius 1 is 1.21 bits per heavy atom. The van der Waals surface area contributed by atoms with E-state index in [1.165, 1.54) is 12.1 Å². The maximum Gasteiger partial charge on any atom is 0.248 e. The Morgan fingerprint density at radius 3 is 2.58 bits per heavy atom. The van der Waals surface area contributed by atoms with Crippen LogP contribution in [0.5, 0.6) is 0 Å². The quantitative estimate of drug-likeness (QED) is 0.736. The number of hydrogen-bond donors (Lipinski definition) is 3. The van der Waals surface area contributed by atoms with Crippen LogP contribution in [0.1, 0.15) is 15.9 Å². The molecule has 98 valence electrons. The fourth-order valence-electron chi connectivity index (χ4n) is 1.71. The van der Waals surface area contributed by atoms with E-state index >= 15 is 0 Å². The van der Waals surface area contributed by atoms with Crippen LogP contribution in [-0.2, 0) is 6.54 Å². The Hall–Kier alpha value is -2.56. The Balaban J connectivity index is 2.12. The van der Waals surface area contributed by atoms with Crippen LogP contribution in [0.4, 0.5) is 15.8 Å². The average molecular weight is 259 g/mol. The summed E-state index contributed by atoms with van der Waals surface area (Å²) >= 11 is 0. The van der Waals surface area contributed by atoms with Crippen LogP contribution in [-0.4, -0.2) is 5.91 Å². The minimum absolute atomic E-state index is 0.276. The molecule has 5 N–H and O–H groups in total. The second-order valence-electron chi connectivity index (χ2n) is 4.11. The van der Waals surface area contributed by atoms with E-state index in [9.17, 15) is 9.18 Å². The van der Waals surface area contributed by atoms with Gasteiger partial charge in [-0.3, -0.25) is 4.79 Å². The summed E-state index contributed by atoms with van der Waals surface area (Å²) < 4.78 is 13.4. The van der Waals surface area contributed by atoms with Crippen molar-refractivity contribution < 1.29 is 9.18 Å². The van der Waals surface area contributed by atoms with Gasteiger partial charge in [0.1, 0.15) is 5.82 Å². The van der Waals surface area contributed by atoms with Gasteiger partial charge in [0.05, 0.1) is 11.4 Å². The number of hydrogen-bond acceptors (Lipinski definition) is 3. The van der Waals surface area contributed by atoms with Crippen LogP contribution in [0.2, 0.25) is 0 Å². The van der Waals surface area contributed by atoms with Crippen molar-refractivity contribution in [3.8, 4) is 0 Å². The molecule has 0 aliphatic carbocycles. The van der Waals surface area contributed by atoms with Crippen LogP contribution in [0.25, 0.3) is 0 Å². The first-order valence-corrected chi connectivity index (χ1v) is 5.74. The summed E-state index contributed by atoms with van der Waals surface area (Å²) in [6.45, 7) is 0.312. The smallest absolute Gasteiger partial charge is 0.248 e. The normalized spacial score (nSPS) is 10.2. The SMILES string of the molecule is NC(=O)c1ccc(NCc2ccccc2F)c(N)c1. The minimum atomic E-state index is -0.535. The van der Waals surface area contributed by atoms with E-state index in [0.717, 1.165) is 0 Å². The van der Waals surface area contributed by atoms with Gasteiger partial charge in [0.15, 0.2) is 0 Å². The number of nitrogens with two attached hydrogens (primary N) is 2. The molecule has 0 bridgehead atoms. The van der Waals surface area contributed by atoms with E-state index in [1.54, 1.807) is 30.3 Å². The number of anilines is 2. The first-order chi connectivity index (χ1) is 9.08. The zero-order valence-electron chi connectivity index (χ0n) is 10.2. The van der Waals surface area contributed by atoms with Crippen molar-refractivity contribution in [3.63, 3.8) is 0 Å².